The van der Waals surface area contributed by atoms with E-state index in [9.17, 15) is 9.59 Å². The minimum absolute atomic E-state index is 0.233. The largest absolute Gasteiger partial charge is 0.331 e. The average Bonchev–Trinajstić information content (AvgIpc) is 2.66. The highest BCUT2D eigenvalue weighted by molar-refractivity contribution is 5.89. The fourth-order valence-electron chi connectivity index (χ4n) is 2.67. The van der Waals surface area contributed by atoms with Gasteiger partial charge in [0.2, 0.25) is 0 Å². The van der Waals surface area contributed by atoms with Crippen LogP contribution in [-0.4, -0.2) is 15.6 Å². The Morgan fingerprint density at radius 1 is 1.08 bits per heavy atom. The molecule has 0 fully saturated rings. The molecule has 0 saturated heterocycles. The Balaban J connectivity index is 1.78. The molecule has 0 unspecified atom stereocenters. The SMILES string of the molecule is Cn1cccc(NC(=O)N[C@H](Cc2ccccn2)c2ccccc2)c1=O. The second kappa shape index (κ2) is 8.11. The first-order valence-electron chi connectivity index (χ1n) is 8.31. The first kappa shape index (κ1) is 17.4. The van der Waals surface area contributed by atoms with Crippen LogP contribution in [0.1, 0.15) is 17.3 Å². The number of rotatable bonds is 5. The average molecular weight is 348 g/mol. The highest BCUT2D eigenvalue weighted by atomic mass is 16.2. The van der Waals surface area contributed by atoms with E-state index >= 15 is 0 Å². The number of hydrogen-bond donors (Lipinski definition) is 2. The highest BCUT2D eigenvalue weighted by Gasteiger charge is 2.16. The van der Waals surface area contributed by atoms with Gasteiger partial charge in [-0.1, -0.05) is 36.4 Å². The first-order valence-corrected chi connectivity index (χ1v) is 8.31. The van der Waals surface area contributed by atoms with Crippen molar-refractivity contribution in [2.75, 3.05) is 5.32 Å². The molecule has 3 rings (SSSR count). The summed E-state index contributed by atoms with van der Waals surface area (Å²) in [5.74, 6) is 0. The third-order valence-corrected chi connectivity index (χ3v) is 4.02. The van der Waals surface area contributed by atoms with Crippen LogP contribution in [0.4, 0.5) is 10.5 Å². The van der Waals surface area contributed by atoms with Crippen molar-refractivity contribution >= 4 is 11.7 Å². The maximum absolute atomic E-state index is 12.5. The molecule has 0 aliphatic heterocycles. The summed E-state index contributed by atoms with van der Waals surface area (Å²) < 4.78 is 1.41. The van der Waals surface area contributed by atoms with Crippen LogP contribution in [0, 0.1) is 0 Å². The van der Waals surface area contributed by atoms with Gasteiger partial charge in [0, 0.05) is 31.6 Å². The Kier molecular flexibility index (Phi) is 5.43. The molecule has 1 aromatic carbocycles. The van der Waals surface area contributed by atoms with Gasteiger partial charge >= 0.3 is 6.03 Å². The molecule has 0 saturated carbocycles. The quantitative estimate of drug-likeness (QED) is 0.744. The molecular formula is C20H20N4O2. The standard InChI is InChI=1S/C20H20N4O2/c1-24-13-7-11-17(19(24)25)22-20(26)23-18(15-8-3-2-4-9-15)14-16-10-5-6-12-21-16/h2-13,18H,14H2,1H3,(H2,22,23,26)/t18-/m1/s1. The van der Waals surface area contributed by atoms with Crippen molar-refractivity contribution in [3.05, 3.63) is 94.7 Å². The maximum Gasteiger partial charge on any atom is 0.319 e. The van der Waals surface area contributed by atoms with E-state index in [0.717, 1.165) is 11.3 Å². The number of amides is 2. The van der Waals surface area contributed by atoms with Crippen LogP contribution in [0.3, 0.4) is 0 Å². The molecule has 0 radical (unpaired) electrons. The summed E-state index contributed by atoms with van der Waals surface area (Å²) in [7, 11) is 1.64. The van der Waals surface area contributed by atoms with Crippen molar-refractivity contribution in [3.8, 4) is 0 Å². The third kappa shape index (κ3) is 4.36. The van der Waals surface area contributed by atoms with E-state index in [1.165, 1.54) is 4.57 Å². The molecule has 0 aliphatic rings. The zero-order valence-electron chi connectivity index (χ0n) is 14.4. The van der Waals surface area contributed by atoms with E-state index in [1.54, 1.807) is 31.6 Å². The van der Waals surface area contributed by atoms with Gasteiger partial charge in [-0.3, -0.25) is 9.78 Å². The molecule has 1 atom stereocenters. The van der Waals surface area contributed by atoms with Crippen LogP contribution >= 0.6 is 0 Å². The number of nitrogens with zero attached hydrogens (tertiary/aromatic N) is 2. The van der Waals surface area contributed by atoms with E-state index in [2.05, 4.69) is 15.6 Å². The topological polar surface area (TPSA) is 76.0 Å². The van der Waals surface area contributed by atoms with Crippen LogP contribution in [-0.2, 0) is 13.5 Å². The monoisotopic (exact) mass is 348 g/mol. The summed E-state index contributed by atoms with van der Waals surface area (Å²) in [6, 6.07) is 18.0. The van der Waals surface area contributed by atoms with Crippen LogP contribution in [0.25, 0.3) is 0 Å². The third-order valence-electron chi connectivity index (χ3n) is 4.02. The van der Waals surface area contributed by atoms with Gasteiger partial charge in [-0.2, -0.15) is 0 Å². The lowest BCUT2D eigenvalue weighted by molar-refractivity contribution is 0.248. The summed E-state index contributed by atoms with van der Waals surface area (Å²) in [5.41, 5.74) is 1.81. The second-order valence-corrected chi connectivity index (χ2v) is 5.92. The van der Waals surface area contributed by atoms with Gasteiger partial charge in [0.25, 0.3) is 5.56 Å². The minimum Gasteiger partial charge on any atom is -0.331 e. The Morgan fingerprint density at radius 3 is 2.58 bits per heavy atom. The second-order valence-electron chi connectivity index (χ2n) is 5.92. The van der Waals surface area contributed by atoms with Gasteiger partial charge in [-0.15, -0.1) is 0 Å². The number of aryl methyl sites for hydroxylation is 1. The molecule has 26 heavy (non-hydrogen) atoms. The van der Waals surface area contributed by atoms with Crippen molar-refractivity contribution in [2.24, 2.45) is 7.05 Å². The smallest absolute Gasteiger partial charge is 0.319 e. The number of hydrogen-bond acceptors (Lipinski definition) is 3. The Labute approximate surface area is 151 Å². The molecule has 132 valence electrons. The van der Waals surface area contributed by atoms with E-state index in [0.29, 0.717) is 6.42 Å². The van der Waals surface area contributed by atoms with Gasteiger partial charge in [-0.05, 0) is 29.8 Å². The van der Waals surface area contributed by atoms with E-state index in [-0.39, 0.29) is 17.3 Å². The molecule has 6 nitrogen and oxygen atoms in total. The summed E-state index contributed by atoms with van der Waals surface area (Å²) in [5, 5.41) is 5.57. The predicted molar refractivity (Wildman–Crippen MR) is 101 cm³/mol. The summed E-state index contributed by atoms with van der Waals surface area (Å²) >= 11 is 0. The van der Waals surface area contributed by atoms with Crippen molar-refractivity contribution in [1.82, 2.24) is 14.9 Å². The van der Waals surface area contributed by atoms with E-state index < -0.39 is 6.03 Å². The fourth-order valence-corrected chi connectivity index (χ4v) is 2.67. The van der Waals surface area contributed by atoms with Crippen LogP contribution in [0.2, 0.25) is 0 Å². The summed E-state index contributed by atoms with van der Waals surface area (Å²) in [6.45, 7) is 0. The molecule has 0 spiro atoms. The van der Waals surface area contributed by atoms with Crippen molar-refractivity contribution in [3.63, 3.8) is 0 Å². The predicted octanol–water partition coefficient (Wildman–Crippen LogP) is 2.89. The Bertz CT molecular complexity index is 923. The van der Waals surface area contributed by atoms with Gasteiger partial charge in [-0.25, -0.2) is 4.79 Å². The lowest BCUT2D eigenvalue weighted by Crippen LogP contribution is -2.35. The number of carbonyl (C=O) groups is 1. The molecular weight excluding hydrogens is 328 g/mol. The van der Waals surface area contributed by atoms with Gasteiger partial charge in [0.05, 0.1) is 6.04 Å². The molecule has 3 aromatic rings. The number of urea groups is 1. The zero-order valence-corrected chi connectivity index (χ0v) is 14.4. The van der Waals surface area contributed by atoms with Crippen molar-refractivity contribution in [2.45, 2.75) is 12.5 Å². The summed E-state index contributed by atoms with van der Waals surface area (Å²) in [4.78, 5) is 28.9. The first-order chi connectivity index (χ1) is 12.6. The van der Waals surface area contributed by atoms with Crippen molar-refractivity contribution < 1.29 is 4.79 Å². The van der Waals surface area contributed by atoms with Crippen LogP contribution in [0.15, 0.2) is 77.9 Å². The van der Waals surface area contributed by atoms with Gasteiger partial charge < -0.3 is 15.2 Å². The molecule has 0 aliphatic carbocycles. The lowest BCUT2D eigenvalue weighted by Gasteiger charge is -2.19. The van der Waals surface area contributed by atoms with E-state index in [4.69, 9.17) is 0 Å². The van der Waals surface area contributed by atoms with Crippen LogP contribution in [0.5, 0.6) is 0 Å². The van der Waals surface area contributed by atoms with E-state index in [1.807, 2.05) is 48.5 Å². The number of aromatic nitrogens is 2. The molecule has 2 amide bonds. The normalized spacial score (nSPS) is 11.6. The molecule has 2 heterocycles. The number of carbonyl (C=O) groups excluding carboxylic acids is 1. The van der Waals surface area contributed by atoms with Gasteiger partial charge in [0.15, 0.2) is 0 Å². The van der Waals surface area contributed by atoms with Crippen LogP contribution < -0.4 is 16.2 Å². The number of anilines is 1. The molecule has 2 aromatic heterocycles. The number of nitrogens with one attached hydrogen (secondary N) is 2. The zero-order chi connectivity index (χ0) is 18.4. The highest BCUT2D eigenvalue weighted by Crippen LogP contribution is 2.17. The maximum atomic E-state index is 12.5. The fraction of sp³-hybridized carbons (Fsp3) is 0.150. The number of pyridine rings is 2. The summed E-state index contributed by atoms with van der Waals surface area (Å²) in [6.07, 6.45) is 3.91. The lowest BCUT2D eigenvalue weighted by atomic mass is 10.0. The number of benzene rings is 1. The minimum atomic E-state index is -0.432. The molecule has 0 bridgehead atoms. The van der Waals surface area contributed by atoms with Gasteiger partial charge in [0.1, 0.15) is 5.69 Å². The molecule has 6 heteroatoms. The molecule has 2 N–H and O–H groups in total. The Morgan fingerprint density at radius 2 is 1.85 bits per heavy atom. The Hall–Kier alpha value is -3.41. The van der Waals surface area contributed by atoms with Crippen molar-refractivity contribution in [1.29, 1.82) is 0 Å².